The number of hydrogen-bond acceptors (Lipinski definition) is 2. The van der Waals surface area contributed by atoms with Crippen LogP contribution in [0.3, 0.4) is 0 Å². The third-order valence-corrected chi connectivity index (χ3v) is 2.80. The third-order valence-electron chi connectivity index (χ3n) is 2.80. The summed E-state index contributed by atoms with van der Waals surface area (Å²) in [4.78, 5) is 11.4. The number of allylic oxidation sites excluding steroid dienone is 2. The topological polar surface area (TPSA) is 26.3 Å². The van der Waals surface area contributed by atoms with Crippen molar-refractivity contribution in [1.82, 2.24) is 0 Å². The highest BCUT2D eigenvalue weighted by Gasteiger charge is 2.26. The first-order valence-corrected chi connectivity index (χ1v) is 5.88. The van der Waals surface area contributed by atoms with Crippen molar-refractivity contribution in [2.75, 3.05) is 6.61 Å². The molecule has 0 N–H and O–H groups in total. The fourth-order valence-corrected chi connectivity index (χ4v) is 1.95. The van der Waals surface area contributed by atoms with Crippen LogP contribution in [0.5, 0.6) is 0 Å². The number of carbonyl (C=O) groups excluding carboxylic acids is 1. The van der Waals surface area contributed by atoms with Crippen LogP contribution in [0.4, 0.5) is 0 Å². The van der Waals surface area contributed by atoms with Gasteiger partial charge in [0.2, 0.25) is 0 Å². The molecule has 0 aromatic rings. The average molecular weight is 210 g/mol. The van der Waals surface area contributed by atoms with E-state index >= 15 is 0 Å². The molecule has 0 fully saturated rings. The molecule has 15 heavy (non-hydrogen) atoms. The molecule has 0 bridgehead atoms. The number of ether oxygens (including phenoxy) is 1. The summed E-state index contributed by atoms with van der Waals surface area (Å²) in [5.74, 6) is 0.338. The SMILES string of the molecule is CCCCOC(=O)CC1C=CC(C)(C)C1. The number of hydrogen-bond donors (Lipinski definition) is 0. The summed E-state index contributed by atoms with van der Waals surface area (Å²) in [7, 11) is 0. The van der Waals surface area contributed by atoms with Crippen molar-refractivity contribution in [3.05, 3.63) is 12.2 Å². The highest BCUT2D eigenvalue weighted by atomic mass is 16.5. The van der Waals surface area contributed by atoms with E-state index in [9.17, 15) is 4.79 Å². The molecule has 1 unspecified atom stereocenters. The number of carbonyl (C=O) groups is 1. The standard InChI is InChI=1S/C13H22O2/c1-4-5-8-15-12(14)9-11-6-7-13(2,3)10-11/h6-7,11H,4-5,8-10H2,1-3H3. The summed E-state index contributed by atoms with van der Waals surface area (Å²) in [5.41, 5.74) is 0.258. The minimum Gasteiger partial charge on any atom is -0.466 e. The van der Waals surface area contributed by atoms with Crippen molar-refractivity contribution < 1.29 is 9.53 Å². The first kappa shape index (κ1) is 12.3. The van der Waals surface area contributed by atoms with Crippen LogP contribution >= 0.6 is 0 Å². The molecule has 0 aromatic carbocycles. The van der Waals surface area contributed by atoms with Crippen LogP contribution in [0, 0.1) is 11.3 Å². The molecule has 1 rings (SSSR count). The Morgan fingerprint density at radius 3 is 2.80 bits per heavy atom. The minimum atomic E-state index is -0.0456. The molecule has 86 valence electrons. The predicted molar refractivity (Wildman–Crippen MR) is 61.5 cm³/mol. The Balaban J connectivity index is 2.20. The molecule has 0 saturated heterocycles. The van der Waals surface area contributed by atoms with Crippen LogP contribution < -0.4 is 0 Å². The van der Waals surface area contributed by atoms with Gasteiger partial charge >= 0.3 is 5.97 Å². The largest absolute Gasteiger partial charge is 0.466 e. The molecule has 0 amide bonds. The molecule has 1 atom stereocenters. The lowest BCUT2D eigenvalue weighted by molar-refractivity contribution is -0.144. The molecule has 0 spiro atoms. The van der Waals surface area contributed by atoms with Gasteiger partial charge in [-0.05, 0) is 24.2 Å². The van der Waals surface area contributed by atoms with Gasteiger partial charge in [-0.2, -0.15) is 0 Å². The van der Waals surface area contributed by atoms with Crippen molar-refractivity contribution in [3.8, 4) is 0 Å². The molecule has 0 heterocycles. The van der Waals surface area contributed by atoms with Crippen molar-refractivity contribution in [1.29, 1.82) is 0 Å². The third kappa shape index (κ3) is 4.50. The Morgan fingerprint density at radius 2 is 2.27 bits per heavy atom. The number of unbranched alkanes of at least 4 members (excludes halogenated alkanes) is 1. The fourth-order valence-electron chi connectivity index (χ4n) is 1.95. The van der Waals surface area contributed by atoms with Crippen LogP contribution in [-0.4, -0.2) is 12.6 Å². The molecule has 2 nitrogen and oxygen atoms in total. The molecule has 2 heteroatoms. The van der Waals surface area contributed by atoms with Crippen LogP contribution in [0.25, 0.3) is 0 Å². The first-order chi connectivity index (χ1) is 7.03. The van der Waals surface area contributed by atoms with Crippen molar-refractivity contribution in [3.63, 3.8) is 0 Å². The zero-order valence-electron chi connectivity index (χ0n) is 10.1. The van der Waals surface area contributed by atoms with E-state index in [1.54, 1.807) is 0 Å². The second-order valence-corrected chi connectivity index (χ2v) is 5.09. The van der Waals surface area contributed by atoms with Gasteiger partial charge in [0, 0.05) is 0 Å². The molecular formula is C13H22O2. The molecule has 0 aliphatic heterocycles. The van der Waals surface area contributed by atoms with Gasteiger partial charge in [0.15, 0.2) is 0 Å². The summed E-state index contributed by atoms with van der Waals surface area (Å²) in [6.07, 6.45) is 8.01. The van der Waals surface area contributed by atoms with Gasteiger partial charge in [0.25, 0.3) is 0 Å². The lowest BCUT2D eigenvalue weighted by Crippen LogP contribution is -2.12. The summed E-state index contributed by atoms with van der Waals surface area (Å²) in [5, 5.41) is 0. The molecule has 1 aliphatic carbocycles. The summed E-state index contributed by atoms with van der Waals surface area (Å²) in [6.45, 7) is 7.07. The quantitative estimate of drug-likeness (QED) is 0.395. The zero-order valence-corrected chi connectivity index (χ0v) is 10.1. The van der Waals surface area contributed by atoms with Crippen LogP contribution in [0.15, 0.2) is 12.2 Å². The van der Waals surface area contributed by atoms with E-state index in [0.29, 0.717) is 18.9 Å². The summed E-state index contributed by atoms with van der Waals surface area (Å²) < 4.78 is 5.14. The lowest BCUT2D eigenvalue weighted by atomic mass is 9.89. The summed E-state index contributed by atoms with van der Waals surface area (Å²) in [6, 6.07) is 0. The Morgan fingerprint density at radius 1 is 1.53 bits per heavy atom. The van der Waals surface area contributed by atoms with Gasteiger partial charge in [0.1, 0.15) is 0 Å². The number of rotatable bonds is 5. The van der Waals surface area contributed by atoms with Crippen molar-refractivity contribution in [2.45, 2.75) is 46.5 Å². The van der Waals surface area contributed by atoms with E-state index in [0.717, 1.165) is 19.3 Å². The lowest BCUT2D eigenvalue weighted by Gasteiger charge is -2.16. The van der Waals surface area contributed by atoms with Gasteiger partial charge in [0.05, 0.1) is 13.0 Å². The molecule has 0 aromatic heterocycles. The van der Waals surface area contributed by atoms with E-state index in [1.165, 1.54) is 0 Å². The monoisotopic (exact) mass is 210 g/mol. The summed E-state index contributed by atoms with van der Waals surface area (Å²) >= 11 is 0. The molecule has 0 radical (unpaired) electrons. The van der Waals surface area contributed by atoms with E-state index in [-0.39, 0.29) is 11.4 Å². The maximum Gasteiger partial charge on any atom is 0.306 e. The Hall–Kier alpha value is -0.790. The van der Waals surface area contributed by atoms with Gasteiger partial charge in [-0.3, -0.25) is 4.79 Å². The highest BCUT2D eigenvalue weighted by molar-refractivity contribution is 5.70. The number of esters is 1. The normalized spacial score (nSPS) is 23.0. The van der Waals surface area contributed by atoms with E-state index in [1.807, 2.05) is 0 Å². The predicted octanol–water partition coefficient (Wildman–Crippen LogP) is 3.32. The second-order valence-electron chi connectivity index (χ2n) is 5.09. The smallest absolute Gasteiger partial charge is 0.306 e. The molecule has 0 saturated carbocycles. The van der Waals surface area contributed by atoms with Crippen LogP contribution in [0.1, 0.15) is 46.5 Å². The van der Waals surface area contributed by atoms with Crippen molar-refractivity contribution >= 4 is 5.97 Å². The molecular weight excluding hydrogens is 188 g/mol. The van der Waals surface area contributed by atoms with Crippen LogP contribution in [0.2, 0.25) is 0 Å². The Kier molecular flexibility index (Phi) is 4.37. The maximum atomic E-state index is 11.4. The minimum absolute atomic E-state index is 0.0456. The second kappa shape index (κ2) is 5.34. The Labute approximate surface area is 92.7 Å². The van der Waals surface area contributed by atoms with Gasteiger partial charge in [-0.1, -0.05) is 39.3 Å². The Bertz CT molecular complexity index is 241. The van der Waals surface area contributed by atoms with E-state index in [4.69, 9.17) is 4.74 Å². The van der Waals surface area contributed by atoms with E-state index < -0.39 is 0 Å². The highest BCUT2D eigenvalue weighted by Crippen LogP contribution is 2.36. The van der Waals surface area contributed by atoms with Gasteiger partial charge < -0.3 is 4.74 Å². The fraction of sp³-hybridized carbons (Fsp3) is 0.769. The van der Waals surface area contributed by atoms with Crippen molar-refractivity contribution in [2.24, 2.45) is 11.3 Å². The average Bonchev–Trinajstić information content (AvgIpc) is 2.46. The molecule has 1 aliphatic rings. The first-order valence-electron chi connectivity index (χ1n) is 5.88. The van der Waals surface area contributed by atoms with Gasteiger partial charge in [-0.15, -0.1) is 0 Å². The van der Waals surface area contributed by atoms with Crippen LogP contribution in [-0.2, 0) is 9.53 Å². The maximum absolute atomic E-state index is 11.4. The zero-order chi connectivity index (χ0) is 11.3. The van der Waals surface area contributed by atoms with E-state index in [2.05, 4.69) is 32.9 Å². The van der Waals surface area contributed by atoms with Gasteiger partial charge in [-0.25, -0.2) is 0 Å².